The monoisotopic (exact) mass is 782 g/mol. The van der Waals surface area contributed by atoms with E-state index >= 15 is 0 Å². The van der Waals surface area contributed by atoms with Crippen molar-refractivity contribution < 1.29 is 49.0 Å². The molecule has 0 aromatic heterocycles. The van der Waals surface area contributed by atoms with E-state index in [1.54, 1.807) is 44.1 Å². The molecule has 0 nitrogen and oxygen atoms in total. The van der Waals surface area contributed by atoms with Gasteiger partial charge in [-0.25, -0.2) is 5.57 Å². The smallest absolute Gasteiger partial charge is 1.00 e. The van der Waals surface area contributed by atoms with Gasteiger partial charge in [0, 0.05) is 0 Å². The molecule has 4 fully saturated rings. The Balaban J connectivity index is 0.000000177. The van der Waals surface area contributed by atoms with E-state index in [-0.39, 0.29) is 35.6 Å². The Morgan fingerprint density at radius 1 is 0.780 bits per heavy atom. The van der Waals surface area contributed by atoms with Gasteiger partial charge >= 0.3 is 70.3 Å². The van der Waals surface area contributed by atoms with Crippen LogP contribution >= 0.6 is 0 Å². The molecule has 3 aromatic rings. The Morgan fingerprint density at radius 2 is 1.36 bits per heavy atom. The first-order valence-electron chi connectivity index (χ1n) is 18.7. The van der Waals surface area contributed by atoms with Crippen LogP contribution in [0.15, 0.2) is 71.8 Å². The van der Waals surface area contributed by atoms with Crippen molar-refractivity contribution in [3.63, 3.8) is 0 Å². The van der Waals surface area contributed by atoms with Gasteiger partial charge in [0.2, 0.25) is 0 Å². The summed E-state index contributed by atoms with van der Waals surface area (Å²) in [4.78, 5) is 0. The third-order valence-corrected chi connectivity index (χ3v) is 12.6. The number of benzene rings is 3. The van der Waals surface area contributed by atoms with Crippen LogP contribution in [-0.2, 0) is 41.5 Å². The van der Waals surface area contributed by atoms with Gasteiger partial charge < -0.3 is 24.8 Å². The Morgan fingerprint density at radius 3 is 1.86 bits per heavy atom. The fourth-order valence-corrected chi connectivity index (χ4v) is 10.2. The predicted molar refractivity (Wildman–Crippen MR) is 202 cm³/mol. The summed E-state index contributed by atoms with van der Waals surface area (Å²) in [6.45, 7) is 20.3. The summed E-state index contributed by atoms with van der Waals surface area (Å²) >= 11 is 1.47. The van der Waals surface area contributed by atoms with Gasteiger partial charge in [0.15, 0.2) is 0 Å². The third kappa shape index (κ3) is 9.52. The second-order valence-corrected chi connectivity index (χ2v) is 18.9. The molecule has 50 heavy (non-hydrogen) atoms. The van der Waals surface area contributed by atoms with Crippen molar-refractivity contribution >= 4 is 3.71 Å². The number of rotatable bonds is 3. The number of aryl methyl sites for hydroxylation is 1. The molecule has 3 aromatic carbocycles. The summed E-state index contributed by atoms with van der Waals surface area (Å²) in [5.74, 6) is 3.82. The molecule has 4 saturated carbocycles. The van der Waals surface area contributed by atoms with Gasteiger partial charge in [-0.1, -0.05) is 91.5 Å². The van der Waals surface area contributed by atoms with Gasteiger partial charge in [-0.05, 0) is 90.1 Å². The second-order valence-electron chi connectivity index (χ2n) is 18.2. The molecule has 3 heteroatoms. The van der Waals surface area contributed by atoms with Crippen LogP contribution in [0.4, 0.5) is 0 Å². The zero-order valence-corrected chi connectivity index (χ0v) is 36.0. The minimum absolute atomic E-state index is 0. The minimum atomic E-state index is 0. The SMILES string of the molecule is CC(C)(C)c1[c-]c2c(cc1)-c1ccc(C(C)(C)C)cc1C2.CC1=[C-]C(C)C=C1CC12CC3CC(CC(C3)C1)C2.Cc1ccc([CH]=[Zr+2])cc1.[Cl-].[Cl-]. The predicted octanol–water partition coefficient (Wildman–Crippen LogP) is 6.27. The largest absolute Gasteiger partial charge is 1.00 e. The molecule has 0 radical (unpaired) electrons. The van der Waals surface area contributed by atoms with Crippen molar-refractivity contribution in [3.05, 3.63) is 117 Å². The summed E-state index contributed by atoms with van der Waals surface area (Å²) in [6.07, 6.45) is 17.8. The number of hydrogen-bond donors (Lipinski definition) is 0. The van der Waals surface area contributed by atoms with E-state index in [2.05, 4.69) is 139 Å². The van der Waals surface area contributed by atoms with Crippen LogP contribution in [0.2, 0.25) is 0 Å². The molecule has 1 atom stereocenters. The fraction of sp³-hybridized carbons (Fsp3) is 0.511. The Kier molecular flexibility index (Phi) is 13.4. The molecule has 1 unspecified atom stereocenters. The van der Waals surface area contributed by atoms with E-state index in [1.165, 1.54) is 80.7 Å². The van der Waals surface area contributed by atoms with Crippen molar-refractivity contribution in [2.24, 2.45) is 29.1 Å². The molecule has 0 aliphatic heterocycles. The molecule has 6 aliphatic rings. The Bertz CT molecular complexity index is 1610. The molecule has 0 heterocycles. The fourth-order valence-electron chi connectivity index (χ4n) is 9.70. The first-order chi connectivity index (χ1) is 22.6. The van der Waals surface area contributed by atoms with Crippen LogP contribution in [0.1, 0.15) is 134 Å². The minimum Gasteiger partial charge on any atom is -1.00 e. The van der Waals surface area contributed by atoms with Crippen molar-refractivity contribution in [3.8, 4) is 11.1 Å². The average molecular weight is 785 g/mol. The van der Waals surface area contributed by atoms with E-state index in [9.17, 15) is 0 Å². The van der Waals surface area contributed by atoms with Crippen LogP contribution in [0.25, 0.3) is 11.1 Å². The summed E-state index contributed by atoms with van der Waals surface area (Å²) in [6, 6.07) is 23.7. The molecular formula is C47H58Cl2Zr-2. The quantitative estimate of drug-likeness (QED) is 0.215. The summed E-state index contributed by atoms with van der Waals surface area (Å²) in [7, 11) is 0. The maximum atomic E-state index is 3.67. The van der Waals surface area contributed by atoms with E-state index in [0.29, 0.717) is 11.3 Å². The first-order valence-corrected chi connectivity index (χ1v) is 20.1. The third-order valence-electron chi connectivity index (χ3n) is 11.8. The standard InChI is InChI=1S/C21H25.C18H25.C8H8.2ClH.Zr/c1-20(2,3)16-7-9-18-14(12-16)11-15-13-17(21(4,5)6)8-10-19(15)18;1-12-3-13(2)17(4-12)11-18-8-14-5-15(9-18)7-16(6-14)10-18;1-7-3-5-8(2)6-4-7;;;/h7-10,12H,11H2,1-6H3;4,12,14-16H,5-11H2,1-2H3;1,3-6H,2H3;2*1H;/q2*-1;;;;+2/p-2. The van der Waals surface area contributed by atoms with E-state index in [4.69, 9.17) is 0 Å². The topological polar surface area (TPSA) is 0 Å². The molecule has 4 bridgehead atoms. The van der Waals surface area contributed by atoms with Gasteiger partial charge in [-0.15, -0.1) is 11.1 Å². The average Bonchev–Trinajstić information content (AvgIpc) is 3.53. The van der Waals surface area contributed by atoms with Gasteiger partial charge in [0.25, 0.3) is 0 Å². The van der Waals surface area contributed by atoms with Gasteiger partial charge in [0.05, 0.1) is 0 Å². The summed E-state index contributed by atoms with van der Waals surface area (Å²) < 4.78 is 2.19. The van der Waals surface area contributed by atoms with E-state index in [1.807, 2.05) is 0 Å². The molecule has 0 amide bonds. The first kappa shape index (κ1) is 41.2. The molecule has 0 saturated heterocycles. The second kappa shape index (κ2) is 16.2. The number of fused-ring (bicyclic) bond motifs is 3. The van der Waals surface area contributed by atoms with Gasteiger partial charge in [-0.3, -0.25) is 6.08 Å². The van der Waals surface area contributed by atoms with Crippen molar-refractivity contribution in [1.29, 1.82) is 0 Å². The molecule has 6 aliphatic carbocycles. The Labute approximate surface area is 332 Å². The van der Waals surface area contributed by atoms with Crippen LogP contribution in [0.3, 0.4) is 0 Å². The summed E-state index contributed by atoms with van der Waals surface area (Å²) in [5, 5.41) is 0. The van der Waals surface area contributed by atoms with Crippen molar-refractivity contribution in [2.45, 2.75) is 125 Å². The van der Waals surface area contributed by atoms with Crippen LogP contribution < -0.4 is 24.8 Å². The van der Waals surface area contributed by atoms with E-state index < -0.39 is 0 Å². The molecule has 0 spiro atoms. The maximum Gasteiger partial charge on any atom is -1.00 e. The zero-order chi connectivity index (χ0) is 34.4. The van der Waals surface area contributed by atoms with Crippen LogP contribution in [0, 0.1) is 48.2 Å². The number of allylic oxidation sites excluding steroid dienone is 4. The molecular weight excluding hydrogens is 727 g/mol. The van der Waals surface area contributed by atoms with Gasteiger partial charge in [0.1, 0.15) is 0 Å². The normalized spacial score (nSPS) is 25.3. The van der Waals surface area contributed by atoms with Crippen LogP contribution in [-0.4, -0.2) is 3.71 Å². The molecule has 0 N–H and O–H groups in total. The Hall–Kier alpha value is -1.53. The number of hydrogen-bond acceptors (Lipinski definition) is 0. The zero-order valence-electron chi connectivity index (χ0n) is 32.1. The van der Waals surface area contributed by atoms with Gasteiger partial charge in [-0.2, -0.15) is 35.4 Å². The maximum absolute atomic E-state index is 3.67. The van der Waals surface area contributed by atoms with E-state index in [0.717, 1.165) is 24.2 Å². The molecule has 9 rings (SSSR count). The van der Waals surface area contributed by atoms with Crippen molar-refractivity contribution in [1.82, 2.24) is 0 Å². The summed E-state index contributed by atoms with van der Waals surface area (Å²) in [5.41, 5.74) is 15.2. The van der Waals surface area contributed by atoms with Crippen LogP contribution in [0.5, 0.6) is 0 Å². The van der Waals surface area contributed by atoms with Crippen molar-refractivity contribution in [2.75, 3.05) is 0 Å². The molecule has 266 valence electrons. The number of halogens is 2.